The molecule has 0 aromatic heterocycles. The number of hydrogen-bond acceptors (Lipinski definition) is 3. The Bertz CT molecular complexity index is 223. The van der Waals surface area contributed by atoms with E-state index in [1.165, 1.54) is 29.2 Å². The van der Waals surface area contributed by atoms with Gasteiger partial charge in [-0.25, -0.2) is 4.79 Å². The van der Waals surface area contributed by atoms with Gasteiger partial charge in [-0.15, -0.1) is 0 Å². The summed E-state index contributed by atoms with van der Waals surface area (Å²) in [4.78, 5) is 14.7. The first-order chi connectivity index (χ1) is 7.27. The van der Waals surface area contributed by atoms with Crippen molar-refractivity contribution in [1.82, 2.24) is 9.80 Å². The predicted molar refractivity (Wildman–Crippen MR) is 61.5 cm³/mol. The summed E-state index contributed by atoms with van der Waals surface area (Å²) in [6.07, 6.45) is 1.78. The molecule has 0 spiro atoms. The smallest absolute Gasteiger partial charge is 0.407 e. The van der Waals surface area contributed by atoms with Gasteiger partial charge in [-0.3, -0.25) is 4.90 Å². The molecule has 4 nitrogen and oxygen atoms in total. The fourth-order valence-corrected chi connectivity index (χ4v) is 3.41. The molecule has 0 atom stereocenters. The van der Waals surface area contributed by atoms with Crippen molar-refractivity contribution in [1.29, 1.82) is 0 Å². The minimum absolute atomic E-state index is 0.680. The maximum atomic E-state index is 10.7. The van der Waals surface area contributed by atoms with E-state index in [1.54, 1.807) is 0 Å². The van der Waals surface area contributed by atoms with Crippen LogP contribution in [0.5, 0.6) is 0 Å². The van der Waals surface area contributed by atoms with Crippen LogP contribution in [0.15, 0.2) is 0 Å². The van der Waals surface area contributed by atoms with Gasteiger partial charge in [0.2, 0.25) is 0 Å². The maximum Gasteiger partial charge on any atom is 0.407 e. The van der Waals surface area contributed by atoms with Gasteiger partial charge in [0.1, 0.15) is 0 Å². The first-order valence-corrected chi connectivity index (χ1v) is 6.72. The molecule has 0 aliphatic carbocycles. The number of amides is 1. The van der Waals surface area contributed by atoms with Gasteiger partial charge in [-0.2, -0.15) is 11.8 Å². The number of thioether (sulfide) groups is 1. The molecule has 2 rings (SSSR count). The van der Waals surface area contributed by atoms with E-state index in [1.807, 2.05) is 11.8 Å². The monoisotopic (exact) mass is 230 g/mol. The van der Waals surface area contributed by atoms with Gasteiger partial charge >= 0.3 is 6.09 Å². The molecule has 2 heterocycles. The van der Waals surface area contributed by atoms with Gasteiger partial charge in [0.15, 0.2) is 0 Å². The van der Waals surface area contributed by atoms with Gasteiger partial charge in [0, 0.05) is 32.2 Å². The molecule has 15 heavy (non-hydrogen) atoms. The van der Waals surface area contributed by atoms with E-state index in [2.05, 4.69) is 4.90 Å². The summed E-state index contributed by atoms with van der Waals surface area (Å²) in [5.74, 6) is 2.54. The third-order valence-electron chi connectivity index (χ3n) is 3.29. The Hall–Kier alpha value is -0.420. The highest BCUT2D eigenvalue weighted by Gasteiger charge is 2.26. The Labute approximate surface area is 94.6 Å². The predicted octanol–water partition coefficient (Wildman–Crippen LogP) is 1.18. The zero-order chi connectivity index (χ0) is 10.7. The summed E-state index contributed by atoms with van der Waals surface area (Å²) in [5, 5.41) is 8.84. The van der Waals surface area contributed by atoms with Crippen molar-refractivity contribution in [2.24, 2.45) is 0 Å². The minimum atomic E-state index is -0.770. The lowest BCUT2D eigenvalue weighted by atomic mass is 10.1. The second-order valence-corrected chi connectivity index (χ2v) is 5.37. The molecule has 1 N–H and O–H groups in total. The number of carboxylic acid groups (broad SMARTS) is 1. The largest absolute Gasteiger partial charge is 0.465 e. The van der Waals surface area contributed by atoms with E-state index in [0.29, 0.717) is 19.1 Å². The average Bonchev–Trinajstić information content (AvgIpc) is 2.30. The molecule has 5 heteroatoms. The van der Waals surface area contributed by atoms with Crippen molar-refractivity contribution < 1.29 is 9.90 Å². The molecular weight excluding hydrogens is 212 g/mol. The molecule has 2 saturated heterocycles. The van der Waals surface area contributed by atoms with Crippen molar-refractivity contribution in [3.05, 3.63) is 0 Å². The molecule has 0 unspecified atom stereocenters. The van der Waals surface area contributed by atoms with E-state index >= 15 is 0 Å². The number of carbonyl (C=O) groups is 1. The van der Waals surface area contributed by atoms with Crippen LogP contribution < -0.4 is 0 Å². The summed E-state index contributed by atoms with van der Waals surface area (Å²) in [7, 11) is 0. The van der Waals surface area contributed by atoms with Gasteiger partial charge in [0.05, 0.1) is 0 Å². The molecule has 86 valence electrons. The molecule has 0 radical (unpaired) electrons. The number of hydrogen-bond donors (Lipinski definition) is 1. The van der Waals surface area contributed by atoms with Crippen LogP contribution in [0.1, 0.15) is 12.8 Å². The van der Waals surface area contributed by atoms with Crippen LogP contribution in [0, 0.1) is 0 Å². The first-order valence-electron chi connectivity index (χ1n) is 5.57. The molecular formula is C10H18N2O2S. The van der Waals surface area contributed by atoms with Crippen LogP contribution in [0.3, 0.4) is 0 Å². The van der Waals surface area contributed by atoms with Crippen molar-refractivity contribution in [2.75, 3.05) is 37.7 Å². The summed E-state index contributed by atoms with van der Waals surface area (Å²) < 4.78 is 0. The molecule has 2 aliphatic heterocycles. The Morgan fingerprint density at radius 3 is 2.27 bits per heavy atom. The van der Waals surface area contributed by atoms with Crippen LogP contribution >= 0.6 is 11.8 Å². The highest BCUT2D eigenvalue weighted by atomic mass is 32.2. The van der Waals surface area contributed by atoms with Crippen LogP contribution in [0.4, 0.5) is 4.79 Å². The Kier molecular flexibility index (Phi) is 3.75. The zero-order valence-corrected chi connectivity index (χ0v) is 9.71. The lowest BCUT2D eigenvalue weighted by Crippen LogP contribution is -2.52. The van der Waals surface area contributed by atoms with Crippen molar-refractivity contribution in [3.63, 3.8) is 0 Å². The summed E-state index contributed by atoms with van der Waals surface area (Å²) >= 11 is 2.04. The van der Waals surface area contributed by atoms with Gasteiger partial charge in [-0.05, 0) is 24.3 Å². The Morgan fingerprint density at radius 1 is 1.13 bits per heavy atom. The summed E-state index contributed by atoms with van der Waals surface area (Å²) in [6, 6.07) is 0.710. The number of rotatable bonds is 1. The highest BCUT2D eigenvalue weighted by molar-refractivity contribution is 7.99. The first kappa shape index (κ1) is 11.1. The fourth-order valence-electron chi connectivity index (χ4n) is 2.33. The highest BCUT2D eigenvalue weighted by Crippen LogP contribution is 2.22. The molecule has 0 aromatic carbocycles. The van der Waals surface area contributed by atoms with Crippen LogP contribution in [0.2, 0.25) is 0 Å². The van der Waals surface area contributed by atoms with E-state index in [9.17, 15) is 4.79 Å². The van der Waals surface area contributed by atoms with E-state index < -0.39 is 6.09 Å². The second kappa shape index (κ2) is 5.07. The maximum absolute atomic E-state index is 10.7. The quantitative estimate of drug-likeness (QED) is 0.734. The van der Waals surface area contributed by atoms with Crippen molar-refractivity contribution in [2.45, 2.75) is 18.9 Å². The lowest BCUT2D eigenvalue weighted by Gasteiger charge is -2.39. The molecule has 1 amide bonds. The lowest BCUT2D eigenvalue weighted by molar-refractivity contribution is 0.0824. The summed E-state index contributed by atoms with van der Waals surface area (Å²) in [6.45, 7) is 3.20. The molecule has 0 bridgehead atoms. The van der Waals surface area contributed by atoms with Crippen LogP contribution in [0.25, 0.3) is 0 Å². The van der Waals surface area contributed by atoms with Crippen molar-refractivity contribution >= 4 is 17.9 Å². The van der Waals surface area contributed by atoms with Gasteiger partial charge < -0.3 is 10.0 Å². The SMILES string of the molecule is O=C(O)N1CCN(C2CCSCC2)CC1. The van der Waals surface area contributed by atoms with Crippen LogP contribution in [-0.2, 0) is 0 Å². The van der Waals surface area contributed by atoms with E-state index in [-0.39, 0.29) is 0 Å². The van der Waals surface area contributed by atoms with E-state index in [4.69, 9.17) is 5.11 Å². The molecule has 2 aliphatic rings. The van der Waals surface area contributed by atoms with Gasteiger partial charge in [0.25, 0.3) is 0 Å². The fraction of sp³-hybridized carbons (Fsp3) is 0.900. The Balaban J connectivity index is 1.79. The standard InChI is InChI=1S/C10H18N2O2S/c13-10(14)12-5-3-11(4-6-12)9-1-7-15-8-2-9/h9H,1-8H2,(H,13,14). The second-order valence-electron chi connectivity index (χ2n) is 4.15. The number of piperazine rings is 1. The van der Waals surface area contributed by atoms with Crippen molar-refractivity contribution in [3.8, 4) is 0 Å². The third kappa shape index (κ3) is 2.78. The summed E-state index contributed by atoms with van der Waals surface area (Å²) in [5.41, 5.74) is 0. The normalized spacial score (nSPS) is 25.5. The van der Waals surface area contributed by atoms with Gasteiger partial charge in [-0.1, -0.05) is 0 Å². The zero-order valence-electron chi connectivity index (χ0n) is 8.89. The molecule has 2 fully saturated rings. The average molecular weight is 230 g/mol. The molecule has 0 saturated carbocycles. The van der Waals surface area contributed by atoms with Crippen LogP contribution in [-0.4, -0.2) is 64.7 Å². The molecule has 0 aromatic rings. The Morgan fingerprint density at radius 2 is 1.73 bits per heavy atom. The van der Waals surface area contributed by atoms with E-state index in [0.717, 1.165) is 13.1 Å². The third-order valence-corrected chi connectivity index (χ3v) is 4.34. The minimum Gasteiger partial charge on any atom is -0.465 e. The topological polar surface area (TPSA) is 43.8 Å². The number of nitrogens with zero attached hydrogens (tertiary/aromatic N) is 2.